The Balaban J connectivity index is 1.93. The van der Waals surface area contributed by atoms with Crippen LogP contribution in [-0.2, 0) is 30.3 Å². The fourth-order valence-electron chi connectivity index (χ4n) is 3.61. The highest BCUT2D eigenvalue weighted by Crippen LogP contribution is 2.29. The third-order valence-electron chi connectivity index (χ3n) is 5.32. The third kappa shape index (κ3) is 6.08. The molecule has 3 rings (SSSR count). The topological polar surface area (TPSA) is 111 Å². The van der Waals surface area contributed by atoms with Crippen molar-refractivity contribution in [1.29, 1.82) is 0 Å². The molecule has 0 radical (unpaired) electrons. The Morgan fingerprint density at radius 3 is 2.72 bits per heavy atom. The van der Waals surface area contributed by atoms with Gasteiger partial charge in [-0.15, -0.1) is 0 Å². The summed E-state index contributed by atoms with van der Waals surface area (Å²) in [5, 5.41) is 5.42. The number of aryl methyl sites for hydroxylation is 1. The molecule has 2 N–H and O–H groups in total. The van der Waals surface area contributed by atoms with Crippen molar-refractivity contribution in [3.8, 4) is 11.1 Å². The molecule has 2 bridgehead atoms. The second kappa shape index (κ2) is 10.6. The van der Waals surface area contributed by atoms with E-state index in [1.165, 1.54) is 13.2 Å². The lowest BCUT2D eigenvalue weighted by Crippen LogP contribution is -2.49. The number of nitrogens with one attached hydrogen (secondary N) is 2. The lowest BCUT2D eigenvalue weighted by molar-refractivity contribution is -0.123. The largest absolute Gasteiger partial charge is 0.453 e. The van der Waals surface area contributed by atoms with Crippen LogP contribution in [0.1, 0.15) is 31.7 Å². The first-order chi connectivity index (χ1) is 15.3. The highest BCUT2D eigenvalue weighted by atomic mass is 32.2. The lowest BCUT2D eigenvalue weighted by atomic mass is 9.99. The Labute approximate surface area is 188 Å². The van der Waals surface area contributed by atoms with Crippen LogP contribution in [0.4, 0.5) is 4.79 Å². The summed E-state index contributed by atoms with van der Waals surface area (Å²) in [6.45, 7) is 1.78. The van der Waals surface area contributed by atoms with Crippen molar-refractivity contribution in [3.63, 3.8) is 0 Å². The molecule has 0 spiro atoms. The van der Waals surface area contributed by atoms with Gasteiger partial charge in [0.1, 0.15) is 10.9 Å². The van der Waals surface area contributed by atoms with Gasteiger partial charge in [-0.2, -0.15) is 8.42 Å². The average molecular weight is 461 g/mol. The summed E-state index contributed by atoms with van der Waals surface area (Å²) in [5.41, 5.74) is 2.39. The maximum absolute atomic E-state index is 12.9. The van der Waals surface area contributed by atoms with E-state index in [2.05, 4.69) is 15.4 Å². The van der Waals surface area contributed by atoms with E-state index < -0.39 is 22.3 Å². The number of hydrogen-bond acceptors (Lipinski definition) is 6. The lowest BCUT2D eigenvalue weighted by Gasteiger charge is -2.21. The van der Waals surface area contributed by atoms with Crippen LogP contribution in [-0.4, -0.2) is 46.2 Å². The van der Waals surface area contributed by atoms with Gasteiger partial charge in [0, 0.05) is 11.6 Å². The number of alkyl carbamates (subject to hydrolysis) is 1. The van der Waals surface area contributed by atoms with Crippen LogP contribution < -0.4 is 10.6 Å². The van der Waals surface area contributed by atoms with E-state index in [-0.39, 0.29) is 36.3 Å². The van der Waals surface area contributed by atoms with E-state index >= 15 is 0 Å². The van der Waals surface area contributed by atoms with E-state index in [1.807, 2.05) is 31.2 Å². The predicted molar refractivity (Wildman–Crippen MR) is 120 cm³/mol. The molecule has 32 heavy (non-hydrogen) atoms. The molecule has 1 aliphatic heterocycles. The van der Waals surface area contributed by atoms with Crippen LogP contribution >= 0.6 is 0 Å². The van der Waals surface area contributed by atoms with Crippen molar-refractivity contribution in [3.05, 3.63) is 54.1 Å². The summed E-state index contributed by atoms with van der Waals surface area (Å²) in [6.07, 6.45) is 1.09. The Hall–Kier alpha value is -2.91. The van der Waals surface area contributed by atoms with Crippen LogP contribution in [0, 0.1) is 0 Å². The molecule has 1 aliphatic rings. The average Bonchev–Trinajstić information content (AvgIpc) is 2.79. The summed E-state index contributed by atoms with van der Waals surface area (Å²) in [5.74, 6) is -0.350. The number of rotatable bonds is 1. The summed E-state index contributed by atoms with van der Waals surface area (Å²) < 4.78 is 35.7. The standard InChI is InChI=1S/C23H28N2O6S/c1-16-12-13-17-7-5-8-18(15-17)19-9-3-4-11-21(19)32(28,29)31-14-6-10-20(22(26)24-16)25-23(27)30-2/h3-5,7-9,11,15-16,20H,6,10,12-14H2,1-2H3,(H,24,26)(H,25,27)/t16-,20+/m1/s1. The molecule has 0 unspecified atom stereocenters. The Bertz CT molecular complexity index is 1070. The van der Waals surface area contributed by atoms with E-state index in [1.54, 1.807) is 18.2 Å². The molecule has 2 atom stereocenters. The molecule has 8 nitrogen and oxygen atoms in total. The fourth-order valence-corrected chi connectivity index (χ4v) is 4.77. The van der Waals surface area contributed by atoms with E-state index in [0.717, 1.165) is 11.1 Å². The minimum atomic E-state index is -4.02. The predicted octanol–water partition coefficient (Wildman–Crippen LogP) is 3.01. The number of benzene rings is 2. The number of fused-ring (bicyclic) bond motifs is 4. The number of amides is 2. The smallest absolute Gasteiger partial charge is 0.407 e. The summed E-state index contributed by atoms with van der Waals surface area (Å²) in [6, 6.07) is 13.4. The molecule has 0 saturated heterocycles. The molecule has 0 aromatic heterocycles. The van der Waals surface area contributed by atoms with Crippen molar-refractivity contribution in [2.75, 3.05) is 13.7 Å². The van der Waals surface area contributed by atoms with Gasteiger partial charge in [0.25, 0.3) is 10.1 Å². The minimum Gasteiger partial charge on any atom is -0.453 e. The van der Waals surface area contributed by atoms with Crippen molar-refractivity contribution in [1.82, 2.24) is 10.6 Å². The first-order valence-electron chi connectivity index (χ1n) is 10.5. The fraction of sp³-hybridized carbons (Fsp3) is 0.391. The number of hydrogen-bond donors (Lipinski definition) is 2. The summed E-state index contributed by atoms with van der Waals surface area (Å²) in [4.78, 5) is 24.5. The van der Waals surface area contributed by atoms with Crippen molar-refractivity contribution in [2.24, 2.45) is 0 Å². The first-order valence-corrected chi connectivity index (χ1v) is 11.9. The zero-order valence-corrected chi connectivity index (χ0v) is 19.0. The highest BCUT2D eigenvalue weighted by molar-refractivity contribution is 7.87. The molecular formula is C23H28N2O6S. The molecular weight excluding hydrogens is 432 g/mol. The van der Waals surface area contributed by atoms with Crippen LogP contribution in [0.3, 0.4) is 0 Å². The second-order valence-corrected chi connectivity index (χ2v) is 9.34. The number of ether oxygens (including phenoxy) is 1. The zero-order chi connectivity index (χ0) is 23.1. The number of carbonyl (C=O) groups is 2. The van der Waals surface area contributed by atoms with Gasteiger partial charge in [-0.05, 0) is 49.8 Å². The van der Waals surface area contributed by atoms with Gasteiger partial charge in [0.2, 0.25) is 5.91 Å². The number of carbonyl (C=O) groups excluding carboxylic acids is 2. The van der Waals surface area contributed by atoms with Crippen LogP contribution in [0.15, 0.2) is 53.4 Å². The summed E-state index contributed by atoms with van der Waals surface area (Å²) >= 11 is 0. The van der Waals surface area contributed by atoms with E-state index in [0.29, 0.717) is 18.4 Å². The molecule has 0 saturated carbocycles. The highest BCUT2D eigenvalue weighted by Gasteiger charge is 2.24. The Kier molecular flexibility index (Phi) is 7.87. The van der Waals surface area contributed by atoms with Gasteiger partial charge in [0.05, 0.1) is 13.7 Å². The molecule has 0 fully saturated rings. The van der Waals surface area contributed by atoms with Crippen molar-refractivity contribution >= 4 is 22.1 Å². The number of methoxy groups -OCH3 is 1. The molecule has 172 valence electrons. The summed E-state index contributed by atoms with van der Waals surface area (Å²) in [7, 11) is -2.80. The van der Waals surface area contributed by atoms with Crippen LogP contribution in [0.5, 0.6) is 0 Å². The molecule has 0 aliphatic carbocycles. The van der Waals surface area contributed by atoms with Crippen molar-refractivity contribution < 1.29 is 26.9 Å². The molecule has 2 aromatic carbocycles. The van der Waals surface area contributed by atoms with Gasteiger partial charge in [-0.25, -0.2) is 4.79 Å². The second-order valence-electron chi connectivity index (χ2n) is 7.75. The van der Waals surface area contributed by atoms with Crippen LogP contribution in [0.2, 0.25) is 0 Å². The van der Waals surface area contributed by atoms with Gasteiger partial charge in [-0.1, -0.05) is 42.5 Å². The third-order valence-corrected chi connectivity index (χ3v) is 6.69. The van der Waals surface area contributed by atoms with Gasteiger partial charge in [-0.3, -0.25) is 8.98 Å². The maximum Gasteiger partial charge on any atom is 0.407 e. The van der Waals surface area contributed by atoms with Gasteiger partial charge < -0.3 is 15.4 Å². The van der Waals surface area contributed by atoms with Gasteiger partial charge in [0.15, 0.2) is 0 Å². The normalized spacial score (nSPS) is 21.6. The Morgan fingerprint density at radius 1 is 1.16 bits per heavy atom. The zero-order valence-electron chi connectivity index (χ0n) is 18.2. The molecule has 9 heteroatoms. The van der Waals surface area contributed by atoms with E-state index in [9.17, 15) is 18.0 Å². The van der Waals surface area contributed by atoms with E-state index in [4.69, 9.17) is 4.18 Å². The molecule has 2 amide bonds. The molecule has 1 heterocycles. The molecule has 2 aromatic rings. The van der Waals surface area contributed by atoms with Crippen LogP contribution in [0.25, 0.3) is 11.1 Å². The Morgan fingerprint density at radius 2 is 1.94 bits per heavy atom. The SMILES string of the molecule is COC(=O)N[C@H]1CCCOS(=O)(=O)c2ccccc2-c2cccc(c2)CC[C@@H](C)NC1=O. The quantitative estimate of drug-likeness (QED) is 0.633. The monoisotopic (exact) mass is 460 g/mol. The minimum absolute atomic E-state index is 0.0968. The van der Waals surface area contributed by atoms with Crippen molar-refractivity contribution in [2.45, 2.75) is 49.6 Å². The van der Waals surface area contributed by atoms with Gasteiger partial charge >= 0.3 is 6.09 Å². The maximum atomic E-state index is 12.9. The first kappa shape index (κ1) is 23.7.